The van der Waals surface area contributed by atoms with E-state index in [0.29, 0.717) is 0 Å². The fraction of sp³-hybridized carbons (Fsp3) is 0.444. The second-order valence-electron chi connectivity index (χ2n) is 6.19. The first-order chi connectivity index (χ1) is 11.3. The maximum atomic E-state index is 4.74. The smallest absolute Gasteiger partial charge is 0.134 e. The zero-order valence-corrected chi connectivity index (χ0v) is 14.4. The van der Waals surface area contributed by atoms with Crippen molar-refractivity contribution >= 4 is 23.3 Å². The van der Waals surface area contributed by atoms with E-state index in [2.05, 4.69) is 46.0 Å². The Balaban J connectivity index is 1.57. The van der Waals surface area contributed by atoms with Gasteiger partial charge >= 0.3 is 0 Å². The van der Waals surface area contributed by atoms with E-state index in [4.69, 9.17) is 4.98 Å². The van der Waals surface area contributed by atoms with Crippen molar-refractivity contribution in [3.05, 3.63) is 41.7 Å². The van der Waals surface area contributed by atoms with Gasteiger partial charge in [0, 0.05) is 18.4 Å². The average molecular weight is 326 g/mol. The van der Waals surface area contributed by atoms with E-state index in [0.717, 1.165) is 35.4 Å². The summed E-state index contributed by atoms with van der Waals surface area (Å²) in [6, 6.07) is 8.70. The normalized spacial score (nSPS) is 17.7. The number of pyridine rings is 2. The van der Waals surface area contributed by atoms with Crippen LogP contribution in [-0.2, 0) is 13.0 Å². The summed E-state index contributed by atoms with van der Waals surface area (Å²) in [6.45, 7) is 5.64. The fourth-order valence-corrected chi connectivity index (χ4v) is 4.30. The van der Waals surface area contributed by atoms with Crippen molar-refractivity contribution in [1.82, 2.24) is 14.9 Å². The van der Waals surface area contributed by atoms with Gasteiger partial charge in [-0.3, -0.25) is 4.90 Å². The number of fused-ring (bicyclic) bond motifs is 1. The van der Waals surface area contributed by atoms with Gasteiger partial charge in [0.05, 0.1) is 11.6 Å². The highest BCUT2D eigenvalue weighted by Crippen LogP contribution is 2.41. The molecule has 0 atom stereocenters. The number of nitrogens with zero attached hydrogens (tertiary/aromatic N) is 4. The molecule has 0 aliphatic carbocycles. The third-order valence-corrected chi connectivity index (χ3v) is 5.53. The first-order valence-corrected chi connectivity index (χ1v) is 9.39. The summed E-state index contributed by atoms with van der Waals surface area (Å²) < 4.78 is 0. The quantitative estimate of drug-likeness (QED) is 0.852. The largest absolute Gasteiger partial charge is 0.314 e. The van der Waals surface area contributed by atoms with Crippen molar-refractivity contribution in [2.45, 2.75) is 37.8 Å². The van der Waals surface area contributed by atoms with Crippen molar-refractivity contribution in [3.63, 3.8) is 0 Å². The molecule has 4 heterocycles. The lowest BCUT2D eigenvalue weighted by atomic mass is 10.2. The number of hydrogen-bond acceptors (Lipinski definition) is 5. The molecule has 0 saturated carbocycles. The number of aromatic nitrogens is 2. The van der Waals surface area contributed by atoms with Crippen molar-refractivity contribution in [1.29, 1.82) is 0 Å². The lowest BCUT2D eigenvalue weighted by Gasteiger charge is -2.19. The minimum absolute atomic E-state index is 0.898. The standard InChI is InChI=1S/C18H22N4S/c1-2-15-5-6-16-18(20-15)23-13-22(16)17-11-14(7-8-19-17)12-21-9-3-4-10-21/h5-8,11H,2-4,9-10,12-13H2,1H3. The van der Waals surface area contributed by atoms with Gasteiger partial charge < -0.3 is 4.90 Å². The molecule has 2 aliphatic heterocycles. The van der Waals surface area contributed by atoms with Gasteiger partial charge in [-0.1, -0.05) is 18.7 Å². The van der Waals surface area contributed by atoms with Crippen molar-refractivity contribution in [2.24, 2.45) is 0 Å². The lowest BCUT2D eigenvalue weighted by molar-refractivity contribution is 0.331. The predicted molar refractivity (Wildman–Crippen MR) is 95.2 cm³/mol. The van der Waals surface area contributed by atoms with Gasteiger partial charge in [-0.25, -0.2) is 9.97 Å². The van der Waals surface area contributed by atoms with Crippen molar-refractivity contribution in [3.8, 4) is 0 Å². The van der Waals surface area contributed by atoms with Crippen LogP contribution in [0.25, 0.3) is 0 Å². The first-order valence-electron chi connectivity index (χ1n) is 8.41. The first kappa shape index (κ1) is 15.0. The van der Waals surface area contributed by atoms with Crippen LogP contribution in [0.4, 0.5) is 11.5 Å². The number of thioether (sulfide) groups is 1. The molecule has 0 unspecified atom stereocenters. The number of aryl methyl sites for hydroxylation is 1. The second kappa shape index (κ2) is 6.49. The minimum Gasteiger partial charge on any atom is -0.314 e. The van der Waals surface area contributed by atoms with Gasteiger partial charge in [0.25, 0.3) is 0 Å². The van der Waals surface area contributed by atoms with E-state index in [9.17, 15) is 0 Å². The highest BCUT2D eigenvalue weighted by molar-refractivity contribution is 7.99. The molecular weight excluding hydrogens is 304 g/mol. The SMILES string of the molecule is CCc1ccc2c(n1)SCN2c1cc(CN2CCCC2)ccn1. The Kier molecular flexibility index (Phi) is 4.23. The summed E-state index contributed by atoms with van der Waals surface area (Å²) in [5, 5.41) is 1.14. The number of likely N-dealkylation sites (tertiary alicyclic amines) is 1. The maximum Gasteiger partial charge on any atom is 0.134 e. The molecule has 4 rings (SSSR count). The summed E-state index contributed by atoms with van der Waals surface area (Å²) in [5.74, 6) is 1.94. The molecule has 4 nitrogen and oxygen atoms in total. The van der Waals surface area contributed by atoms with Gasteiger partial charge in [-0.2, -0.15) is 0 Å². The zero-order chi connectivity index (χ0) is 15.6. The van der Waals surface area contributed by atoms with Crippen LogP contribution < -0.4 is 4.90 Å². The van der Waals surface area contributed by atoms with Crippen LogP contribution in [-0.4, -0.2) is 33.8 Å². The Hall–Kier alpha value is -1.59. The number of rotatable bonds is 4. The highest BCUT2D eigenvalue weighted by Gasteiger charge is 2.24. The summed E-state index contributed by atoms with van der Waals surface area (Å²) in [7, 11) is 0. The monoisotopic (exact) mass is 326 g/mol. The molecule has 1 saturated heterocycles. The molecule has 23 heavy (non-hydrogen) atoms. The summed E-state index contributed by atoms with van der Waals surface area (Å²) >= 11 is 1.80. The third kappa shape index (κ3) is 3.08. The lowest BCUT2D eigenvalue weighted by Crippen LogP contribution is -2.19. The molecule has 0 N–H and O–H groups in total. The van der Waals surface area contributed by atoms with Gasteiger partial charge in [0.1, 0.15) is 10.8 Å². The minimum atomic E-state index is 0.898. The number of anilines is 2. The Bertz CT molecular complexity index is 697. The topological polar surface area (TPSA) is 32.3 Å². The molecule has 0 amide bonds. The average Bonchev–Trinajstić information content (AvgIpc) is 3.23. The summed E-state index contributed by atoms with van der Waals surface area (Å²) in [6.07, 6.45) is 5.59. The van der Waals surface area contributed by atoms with Crippen LogP contribution in [0.1, 0.15) is 31.0 Å². The van der Waals surface area contributed by atoms with E-state index in [1.54, 1.807) is 11.8 Å². The van der Waals surface area contributed by atoms with E-state index >= 15 is 0 Å². The Labute approximate surface area is 141 Å². The number of hydrogen-bond donors (Lipinski definition) is 0. The van der Waals surface area contributed by atoms with Gasteiger partial charge in [0.15, 0.2) is 0 Å². The molecule has 0 aromatic carbocycles. The molecule has 1 fully saturated rings. The van der Waals surface area contributed by atoms with Gasteiger partial charge in [0.2, 0.25) is 0 Å². The predicted octanol–water partition coefficient (Wildman–Crippen LogP) is 3.84. The van der Waals surface area contributed by atoms with Crippen LogP contribution in [0.15, 0.2) is 35.5 Å². The molecule has 2 aromatic rings. The Morgan fingerprint density at radius 1 is 1.17 bits per heavy atom. The van der Waals surface area contributed by atoms with Gasteiger partial charge in [-0.05, 0) is 62.2 Å². The van der Waals surface area contributed by atoms with E-state index in [1.165, 1.54) is 37.2 Å². The Morgan fingerprint density at radius 3 is 2.87 bits per heavy atom. The van der Waals surface area contributed by atoms with Crippen LogP contribution in [0.2, 0.25) is 0 Å². The van der Waals surface area contributed by atoms with Crippen LogP contribution in [0.5, 0.6) is 0 Å². The summed E-state index contributed by atoms with van der Waals surface area (Å²) in [4.78, 5) is 14.1. The second-order valence-corrected chi connectivity index (χ2v) is 7.12. The molecule has 0 bridgehead atoms. The maximum absolute atomic E-state index is 4.74. The molecule has 2 aliphatic rings. The summed E-state index contributed by atoms with van der Waals surface area (Å²) in [5.41, 5.74) is 3.71. The van der Waals surface area contributed by atoms with E-state index in [1.807, 2.05) is 6.20 Å². The molecule has 120 valence electrons. The van der Waals surface area contributed by atoms with Gasteiger partial charge in [-0.15, -0.1) is 0 Å². The molecular formula is C18H22N4S. The van der Waals surface area contributed by atoms with E-state index < -0.39 is 0 Å². The highest BCUT2D eigenvalue weighted by atomic mass is 32.2. The van der Waals surface area contributed by atoms with Crippen molar-refractivity contribution < 1.29 is 0 Å². The fourth-order valence-electron chi connectivity index (χ4n) is 3.27. The zero-order valence-electron chi connectivity index (χ0n) is 13.5. The van der Waals surface area contributed by atoms with Crippen LogP contribution in [0, 0.1) is 0 Å². The van der Waals surface area contributed by atoms with Crippen LogP contribution >= 0.6 is 11.8 Å². The molecule has 0 radical (unpaired) electrons. The molecule has 0 spiro atoms. The Morgan fingerprint density at radius 2 is 2.04 bits per heavy atom. The van der Waals surface area contributed by atoms with E-state index in [-0.39, 0.29) is 0 Å². The molecule has 5 heteroatoms. The third-order valence-electron chi connectivity index (χ3n) is 4.57. The van der Waals surface area contributed by atoms with Crippen molar-refractivity contribution in [2.75, 3.05) is 23.9 Å². The molecule has 2 aromatic heterocycles. The van der Waals surface area contributed by atoms with Crippen LogP contribution in [0.3, 0.4) is 0 Å².